The van der Waals surface area contributed by atoms with Gasteiger partial charge in [0.2, 0.25) is 0 Å². The van der Waals surface area contributed by atoms with Crippen LogP contribution in [0.25, 0.3) is 0 Å². The lowest BCUT2D eigenvalue weighted by molar-refractivity contribution is 0.212. The van der Waals surface area contributed by atoms with E-state index >= 15 is 0 Å². The maximum atomic E-state index is 3.57. The standard InChI is InChI=1S/C13H18BrN/c1-9(2)10-7-13(8-10)15-12-5-3-11(14)4-6-12/h3-6,9-10,13,15H,7-8H2,1-2H3. The van der Waals surface area contributed by atoms with Gasteiger partial charge in [0.05, 0.1) is 0 Å². The number of halogens is 1. The van der Waals surface area contributed by atoms with E-state index in [4.69, 9.17) is 0 Å². The second kappa shape index (κ2) is 4.56. The van der Waals surface area contributed by atoms with Crippen molar-refractivity contribution in [1.82, 2.24) is 0 Å². The van der Waals surface area contributed by atoms with Crippen LogP contribution in [-0.2, 0) is 0 Å². The van der Waals surface area contributed by atoms with E-state index in [1.54, 1.807) is 0 Å². The summed E-state index contributed by atoms with van der Waals surface area (Å²) < 4.78 is 1.14. The van der Waals surface area contributed by atoms with Crippen molar-refractivity contribution in [1.29, 1.82) is 0 Å². The Kier molecular flexibility index (Phi) is 3.35. The molecule has 1 aliphatic rings. The molecule has 1 saturated carbocycles. The van der Waals surface area contributed by atoms with E-state index in [2.05, 4.69) is 59.4 Å². The summed E-state index contributed by atoms with van der Waals surface area (Å²) in [6.07, 6.45) is 2.65. The highest BCUT2D eigenvalue weighted by atomic mass is 79.9. The van der Waals surface area contributed by atoms with E-state index in [1.807, 2.05) is 0 Å². The van der Waals surface area contributed by atoms with Crippen molar-refractivity contribution in [3.8, 4) is 0 Å². The summed E-state index contributed by atoms with van der Waals surface area (Å²) in [5.74, 6) is 1.77. The molecule has 1 aliphatic carbocycles. The SMILES string of the molecule is CC(C)C1CC(Nc2ccc(Br)cc2)C1. The zero-order chi connectivity index (χ0) is 10.8. The molecule has 0 bridgehead atoms. The van der Waals surface area contributed by atoms with Crippen LogP contribution in [0.5, 0.6) is 0 Å². The van der Waals surface area contributed by atoms with Crippen LogP contribution >= 0.6 is 15.9 Å². The maximum Gasteiger partial charge on any atom is 0.0343 e. The molecule has 1 aromatic rings. The smallest absolute Gasteiger partial charge is 0.0343 e. The predicted molar refractivity (Wildman–Crippen MR) is 69.1 cm³/mol. The van der Waals surface area contributed by atoms with Crippen LogP contribution in [-0.4, -0.2) is 6.04 Å². The molecule has 1 aromatic carbocycles. The van der Waals surface area contributed by atoms with Crippen molar-refractivity contribution < 1.29 is 0 Å². The molecule has 0 aromatic heterocycles. The Hall–Kier alpha value is -0.500. The topological polar surface area (TPSA) is 12.0 Å². The molecular weight excluding hydrogens is 250 g/mol. The average Bonchev–Trinajstić information content (AvgIpc) is 2.13. The summed E-state index contributed by atoms with van der Waals surface area (Å²) in [6, 6.07) is 9.13. The van der Waals surface area contributed by atoms with Crippen LogP contribution in [0.2, 0.25) is 0 Å². The van der Waals surface area contributed by atoms with E-state index in [1.165, 1.54) is 18.5 Å². The van der Waals surface area contributed by atoms with Crippen LogP contribution < -0.4 is 5.32 Å². The average molecular weight is 268 g/mol. The Labute approximate surface area is 100 Å². The van der Waals surface area contributed by atoms with Crippen molar-refractivity contribution in [3.05, 3.63) is 28.7 Å². The van der Waals surface area contributed by atoms with Gasteiger partial charge in [0.15, 0.2) is 0 Å². The Bertz CT molecular complexity index is 312. The molecule has 0 spiro atoms. The third-order valence-corrected chi connectivity index (χ3v) is 3.86. The molecular formula is C13H18BrN. The molecule has 0 saturated heterocycles. The van der Waals surface area contributed by atoms with Gasteiger partial charge in [-0.15, -0.1) is 0 Å². The van der Waals surface area contributed by atoms with Gasteiger partial charge in [-0.3, -0.25) is 0 Å². The van der Waals surface area contributed by atoms with Crippen LogP contribution in [0.15, 0.2) is 28.7 Å². The molecule has 1 fully saturated rings. The van der Waals surface area contributed by atoms with Gasteiger partial charge in [-0.1, -0.05) is 29.8 Å². The number of anilines is 1. The minimum absolute atomic E-state index is 0.693. The first-order chi connectivity index (χ1) is 7.15. The van der Waals surface area contributed by atoms with Crippen molar-refractivity contribution in [2.75, 3.05) is 5.32 Å². The van der Waals surface area contributed by atoms with E-state index < -0.39 is 0 Å². The molecule has 0 aliphatic heterocycles. The van der Waals surface area contributed by atoms with E-state index in [-0.39, 0.29) is 0 Å². The van der Waals surface area contributed by atoms with Gasteiger partial charge in [0.1, 0.15) is 0 Å². The third kappa shape index (κ3) is 2.75. The van der Waals surface area contributed by atoms with Crippen LogP contribution in [0.3, 0.4) is 0 Å². The minimum atomic E-state index is 0.693. The number of rotatable bonds is 3. The zero-order valence-electron chi connectivity index (χ0n) is 9.33. The summed E-state index contributed by atoms with van der Waals surface area (Å²) in [4.78, 5) is 0. The van der Waals surface area contributed by atoms with Gasteiger partial charge in [-0.25, -0.2) is 0 Å². The molecule has 1 N–H and O–H groups in total. The largest absolute Gasteiger partial charge is 0.382 e. The highest BCUT2D eigenvalue weighted by Gasteiger charge is 2.30. The first-order valence-electron chi connectivity index (χ1n) is 5.67. The van der Waals surface area contributed by atoms with Crippen molar-refractivity contribution in [2.24, 2.45) is 11.8 Å². The van der Waals surface area contributed by atoms with Crippen LogP contribution in [0, 0.1) is 11.8 Å². The number of benzene rings is 1. The van der Waals surface area contributed by atoms with Gasteiger partial charge in [-0.05, 0) is 48.9 Å². The van der Waals surface area contributed by atoms with Crippen LogP contribution in [0.1, 0.15) is 26.7 Å². The quantitative estimate of drug-likeness (QED) is 0.862. The molecule has 0 amide bonds. The van der Waals surface area contributed by atoms with Crippen molar-refractivity contribution in [2.45, 2.75) is 32.7 Å². The predicted octanol–water partition coefficient (Wildman–Crippen LogP) is 4.30. The van der Waals surface area contributed by atoms with E-state index in [0.717, 1.165) is 16.3 Å². The molecule has 1 nitrogen and oxygen atoms in total. The highest BCUT2D eigenvalue weighted by Crippen LogP contribution is 2.35. The van der Waals surface area contributed by atoms with Gasteiger partial charge >= 0.3 is 0 Å². The number of hydrogen-bond donors (Lipinski definition) is 1. The second-order valence-corrected chi connectivity index (χ2v) is 5.74. The first kappa shape index (κ1) is 11.0. The molecule has 0 atom stereocenters. The molecule has 2 heteroatoms. The van der Waals surface area contributed by atoms with E-state index in [9.17, 15) is 0 Å². The normalized spacial score (nSPS) is 25.1. The monoisotopic (exact) mass is 267 g/mol. The fraction of sp³-hybridized carbons (Fsp3) is 0.538. The fourth-order valence-corrected chi connectivity index (χ4v) is 2.37. The van der Waals surface area contributed by atoms with Gasteiger partial charge < -0.3 is 5.32 Å². The molecule has 0 heterocycles. The van der Waals surface area contributed by atoms with Gasteiger partial charge in [0.25, 0.3) is 0 Å². The Balaban J connectivity index is 1.82. The summed E-state index contributed by atoms with van der Waals surface area (Å²) in [5.41, 5.74) is 1.24. The zero-order valence-corrected chi connectivity index (χ0v) is 10.9. The fourth-order valence-electron chi connectivity index (χ4n) is 2.11. The second-order valence-electron chi connectivity index (χ2n) is 4.82. The first-order valence-corrected chi connectivity index (χ1v) is 6.46. The molecule has 15 heavy (non-hydrogen) atoms. The molecule has 2 rings (SSSR count). The Morgan fingerprint density at radius 3 is 2.33 bits per heavy atom. The lowest BCUT2D eigenvalue weighted by atomic mass is 9.73. The third-order valence-electron chi connectivity index (χ3n) is 3.33. The van der Waals surface area contributed by atoms with Crippen molar-refractivity contribution >= 4 is 21.6 Å². The highest BCUT2D eigenvalue weighted by molar-refractivity contribution is 9.10. The molecule has 0 radical (unpaired) electrons. The van der Waals surface area contributed by atoms with Gasteiger partial charge in [0, 0.05) is 16.2 Å². The number of hydrogen-bond acceptors (Lipinski definition) is 1. The maximum absolute atomic E-state index is 3.57. The van der Waals surface area contributed by atoms with Crippen LogP contribution in [0.4, 0.5) is 5.69 Å². The molecule has 0 unspecified atom stereocenters. The summed E-state index contributed by atoms with van der Waals surface area (Å²) >= 11 is 3.44. The van der Waals surface area contributed by atoms with Crippen molar-refractivity contribution in [3.63, 3.8) is 0 Å². The lowest BCUT2D eigenvalue weighted by Crippen LogP contribution is -2.37. The van der Waals surface area contributed by atoms with Gasteiger partial charge in [-0.2, -0.15) is 0 Å². The Morgan fingerprint density at radius 2 is 1.80 bits per heavy atom. The minimum Gasteiger partial charge on any atom is -0.382 e. The van der Waals surface area contributed by atoms with E-state index in [0.29, 0.717) is 6.04 Å². The summed E-state index contributed by atoms with van der Waals surface area (Å²) in [7, 11) is 0. The Morgan fingerprint density at radius 1 is 1.20 bits per heavy atom. The summed E-state index contributed by atoms with van der Waals surface area (Å²) in [5, 5.41) is 3.57. The summed E-state index contributed by atoms with van der Waals surface area (Å²) in [6.45, 7) is 4.64. The number of nitrogens with one attached hydrogen (secondary N) is 1. The lowest BCUT2D eigenvalue weighted by Gasteiger charge is -2.39. The molecule has 82 valence electrons.